The van der Waals surface area contributed by atoms with E-state index in [9.17, 15) is 19.6 Å². The maximum absolute atomic E-state index is 13.0. The number of hydrogen-bond donors (Lipinski definition) is 2. The largest absolute Gasteiger partial charge is 0.388 e. The van der Waals surface area contributed by atoms with Crippen LogP contribution in [-0.4, -0.2) is 16.6 Å². The highest BCUT2D eigenvalue weighted by Gasteiger charge is 2.17. The number of aliphatic hydroxyl groups is 1. The van der Waals surface area contributed by atoms with E-state index in [0.717, 1.165) is 12.1 Å². The van der Waals surface area contributed by atoms with Crippen LogP contribution in [0.1, 0.15) is 24.5 Å². The molecule has 0 spiro atoms. The molecule has 0 aliphatic carbocycles. The Hall–Kier alpha value is -1.53. The summed E-state index contributed by atoms with van der Waals surface area (Å²) in [6.07, 6.45) is 0.161. The minimum absolute atomic E-state index is 0.335. The summed E-state index contributed by atoms with van der Waals surface area (Å²) in [7, 11) is 0. The van der Waals surface area contributed by atoms with Gasteiger partial charge in [-0.3, -0.25) is 10.1 Å². The van der Waals surface area contributed by atoms with Gasteiger partial charge in [-0.2, -0.15) is 4.39 Å². The molecule has 0 bridgehead atoms. The van der Waals surface area contributed by atoms with Crippen molar-refractivity contribution in [2.75, 3.05) is 6.54 Å². The second-order valence-corrected chi connectivity index (χ2v) is 3.41. The van der Waals surface area contributed by atoms with Gasteiger partial charge in [-0.05, 0) is 31.0 Å². The van der Waals surface area contributed by atoms with Crippen LogP contribution in [0.2, 0.25) is 0 Å². The Kier molecular flexibility index (Phi) is 4.33. The van der Waals surface area contributed by atoms with E-state index in [1.165, 1.54) is 6.07 Å². The van der Waals surface area contributed by atoms with Crippen molar-refractivity contribution in [2.45, 2.75) is 18.9 Å². The molecule has 0 heterocycles. The van der Waals surface area contributed by atoms with E-state index >= 15 is 0 Å². The minimum Gasteiger partial charge on any atom is -0.388 e. The van der Waals surface area contributed by atoms with Crippen molar-refractivity contribution in [3.63, 3.8) is 0 Å². The molecule has 0 aliphatic heterocycles. The first-order chi connectivity index (χ1) is 7.56. The van der Waals surface area contributed by atoms with Crippen molar-refractivity contribution in [3.8, 4) is 0 Å². The Morgan fingerprint density at radius 3 is 2.81 bits per heavy atom. The molecule has 1 unspecified atom stereocenters. The van der Waals surface area contributed by atoms with Gasteiger partial charge in [0.15, 0.2) is 0 Å². The van der Waals surface area contributed by atoms with Crippen LogP contribution >= 0.6 is 0 Å². The third-order valence-electron chi connectivity index (χ3n) is 2.23. The highest BCUT2D eigenvalue weighted by molar-refractivity contribution is 5.37. The van der Waals surface area contributed by atoms with E-state index in [2.05, 4.69) is 0 Å². The number of aliphatic hydroxyl groups excluding tert-OH is 1. The molecule has 0 amide bonds. The van der Waals surface area contributed by atoms with Crippen LogP contribution in [0.25, 0.3) is 0 Å². The Balaban J connectivity index is 2.89. The molecule has 0 aliphatic rings. The molecule has 16 heavy (non-hydrogen) atoms. The van der Waals surface area contributed by atoms with Gasteiger partial charge in [-0.1, -0.05) is 6.07 Å². The van der Waals surface area contributed by atoms with Crippen molar-refractivity contribution >= 4 is 5.69 Å². The van der Waals surface area contributed by atoms with Crippen molar-refractivity contribution in [2.24, 2.45) is 5.73 Å². The monoisotopic (exact) mass is 228 g/mol. The Labute approximate surface area is 91.8 Å². The zero-order chi connectivity index (χ0) is 12.1. The maximum atomic E-state index is 13.0. The van der Waals surface area contributed by atoms with Gasteiger partial charge in [-0.15, -0.1) is 0 Å². The number of rotatable bonds is 5. The minimum atomic E-state index is -0.903. The lowest BCUT2D eigenvalue weighted by atomic mass is 10.0. The van der Waals surface area contributed by atoms with Gasteiger partial charge in [0.1, 0.15) is 0 Å². The van der Waals surface area contributed by atoms with Crippen LogP contribution in [0, 0.1) is 15.9 Å². The fourth-order valence-electron chi connectivity index (χ4n) is 1.35. The van der Waals surface area contributed by atoms with Gasteiger partial charge >= 0.3 is 5.69 Å². The summed E-state index contributed by atoms with van der Waals surface area (Å²) in [5.41, 5.74) is 4.99. The van der Waals surface area contributed by atoms with Crippen molar-refractivity contribution < 1.29 is 14.4 Å². The number of nitrogens with two attached hydrogens (primary N) is 1. The number of benzene rings is 1. The van der Waals surface area contributed by atoms with Crippen molar-refractivity contribution in [1.29, 1.82) is 0 Å². The van der Waals surface area contributed by atoms with E-state index < -0.39 is 22.5 Å². The average molecular weight is 228 g/mol. The van der Waals surface area contributed by atoms with Gasteiger partial charge in [-0.25, -0.2) is 0 Å². The smallest absolute Gasteiger partial charge is 0.305 e. The summed E-state index contributed by atoms with van der Waals surface area (Å²) >= 11 is 0. The lowest BCUT2D eigenvalue weighted by molar-refractivity contribution is -0.387. The number of nitrogens with zero attached hydrogens (tertiary/aromatic N) is 1. The van der Waals surface area contributed by atoms with Crippen LogP contribution in [0.5, 0.6) is 0 Å². The molecule has 1 rings (SSSR count). The molecule has 1 aromatic carbocycles. The molecule has 1 aromatic rings. The van der Waals surface area contributed by atoms with Crippen LogP contribution in [0.4, 0.5) is 10.1 Å². The molecule has 0 aromatic heterocycles. The summed E-state index contributed by atoms with van der Waals surface area (Å²) in [4.78, 5) is 9.66. The summed E-state index contributed by atoms with van der Waals surface area (Å²) in [6.45, 7) is 0.431. The van der Waals surface area contributed by atoms with Crippen LogP contribution < -0.4 is 5.73 Å². The number of halogens is 1. The first kappa shape index (κ1) is 12.5. The molecule has 5 nitrogen and oxygen atoms in total. The quantitative estimate of drug-likeness (QED) is 0.590. The third-order valence-corrected chi connectivity index (χ3v) is 2.23. The van der Waals surface area contributed by atoms with E-state index in [1.54, 1.807) is 0 Å². The first-order valence-electron chi connectivity index (χ1n) is 4.88. The van der Waals surface area contributed by atoms with E-state index in [4.69, 9.17) is 5.73 Å². The summed E-state index contributed by atoms with van der Waals surface area (Å²) < 4.78 is 13.0. The number of nitro benzene ring substituents is 1. The van der Waals surface area contributed by atoms with Gasteiger partial charge < -0.3 is 10.8 Å². The summed E-state index contributed by atoms with van der Waals surface area (Å²) in [6, 6.07) is 3.37. The average Bonchev–Trinajstić information content (AvgIpc) is 2.26. The molecular formula is C10H13FN2O3. The normalized spacial score (nSPS) is 12.4. The van der Waals surface area contributed by atoms with Crippen LogP contribution in [0.15, 0.2) is 18.2 Å². The maximum Gasteiger partial charge on any atom is 0.305 e. The van der Waals surface area contributed by atoms with Gasteiger partial charge in [0.05, 0.1) is 11.0 Å². The van der Waals surface area contributed by atoms with Crippen LogP contribution in [0.3, 0.4) is 0 Å². The van der Waals surface area contributed by atoms with Gasteiger partial charge in [0, 0.05) is 6.07 Å². The standard InChI is InChI=1S/C10H13FN2O3/c11-8-4-3-7(6-9(8)13(15)16)10(14)2-1-5-12/h3-4,6,10,14H,1-2,5,12H2. The number of hydrogen-bond acceptors (Lipinski definition) is 4. The topological polar surface area (TPSA) is 89.4 Å². The molecule has 3 N–H and O–H groups in total. The van der Waals surface area contributed by atoms with Gasteiger partial charge in [0.2, 0.25) is 5.82 Å². The van der Waals surface area contributed by atoms with Gasteiger partial charge in [0.25, 0.3) is 0 Å². The Morgan fingerprint density at radius 1 is 1.56 bits per heavy atom. The Morgan fingerprint density at radius 2 is 2.25 bits per heavy atom. The molecule has 0 fully saturated rings. The van der Waals surface area contributed by atoms with E-state index in [1.807, 2.05) is 0 Å². The molecule has 1 atom stereocenters. The fourth-order valence-corrected chi connectivity index (χ4v) is 1.35. The van der Waals surface area contributed by atoms with Crippen LogP contribution in [-0.2, 0) is 0 Å². The molecule has 0 saturated heterocycles. The molecule has 0 saturated carbocycles. The predicted molar refractivity (Wildman–Crippen MR) is 56.3 cm³/mol. The third kappa shape index (κ3) is 2.98. The zero-order valence-corrected chi connectivity index (χ0v) is 8.60. The second-order valence-electron chi connectivity index (χ2n) is 3.41. The lowest BCUT2D eigenvalue weighted by Crippen LogP contribution is -2.04. The summed E-state index contributed by atoms with van der Waals surface area (Å²) in [5.74, 6) is -0.903. The molecular weight excluding hydrogens is 215 g/mol. The second kappa shape index (κ2) is 5.53. The molecule has 0 radical (unpaired) electrons. The first-order valence-corrected chi connectivity index (χ1v) is 4.88. The summed E-state index contributed by atoms with van der Waals surface area (Å²) in [5, 5.41) is 20.1. The fraction of sp³-hybridized carbons (Fsp3) is 0.400. The predicted octanol–water partition coefficient (Wildman–Crippen LogP) is 1.51. The number of nitro groups is 1. The van der Waals surface area contributed by atoms with E-state index in [0.29, 0.717) is 24.9 Å². The lowest BCUT2D eigenvalue weighted by Gasteiger charge is -2.09. The zero-order valence-electron chi connectivity index (χ0n) is 8.60. The molecule has 88 valence electrons. The van der Waals surface area contributed by atoms with Crippen molar-refractivity contribution in [3.05, 3.63) is 39.7 Å². The molecule has 6 heteroatoms. The van der Waals surface area contributed by atoms with E-state index in [-0.39, 0.29) is 0 Å². The highest BCUT2D eigenvalue weighted by atomic mass is 19.1. The van der Waals surface area contributed by atoms with Crippen molar-refractivity contribution in [1.82, 2.24) is 0 Å². The Bertz CT molecular complexity index is 384. The highest BCUT2D eigenvalue weighted by Crippen LogP contribution is 2.24. The SMILES string of the molecule is NCCCC(O)c1ccc(F)c([N+](=O)[O-])c1.